The van der Waals surface area contributed by atoms with Crippen LogP contribution in [0.15, 0.2) is 34.5 Å². The Bertz CT molecular complexity index is 800. The second kappa shape index (κ2) is 12.9. The van der Waals surface area contributed by atoms with Crippen molar-refractivity contribution in [3.63, 3.8) is 0 Å². The van der Waals surface area contributed by atoms with Gasteiger partial charge >= 0.3 is 5.97 Å². The number of nitrogens with one attached hydrogen (secondary N) is 2. The van der Waals surface area contributed by atoms with Crippen LogP contribution in [-0.2, 0) is 0 Å². The standard InChI is InChI=1S/C20H30N6O2S2/c1-6-25(7-2)19(29)23-21-14(5)17(22-24-20(30)26(8-3)9-4)15-10-12-16(13-11-15)18(27)28/h10-13H,6-9H2,1-5H3,(H,23,29)(H,24,30)(H,27,28). The molecule has 0 aliphatic rings. The van der Waals surface area contributed by atoms with Gasteiger partial charge in [-0.25, -0.2) is 4.79 Å². The normalized spacial score (nSPS) is 11.6. The van der Waals surface area contributed by atoms with E-state index in [2.05, 4.69) is 21.1 Å². The molecule has 0 saturated heterocycles. The molecule has 0 aromatic heterocycles. The Kier molecular flexibility index (Phi) is 10.9. The maximum Gasteiger partial charge on any atom is 0.335 e. The number of thiocarbonyl (C=S) groups is 2. The van der Waals surface area contributed by atoms with E-state index in [1.807, 2.05) is 37.5 Å². The van der Waals surface area contributed by atoms with Crippen LogP contribution in [0.3, 0.4) is 0 Å². The van der Waals surface area contributed by atoms with E-state index in [4.69, 9.17) is 29.5 Å². The molecular weight excluding hydrogens is 420 g/mol. The zero-order chi connectivity index (χ0) is 22.7. The fraction of sp³-hybridized carbons (Fsp3) is 0.450. The van der Waals surface area contributed by atoms with Gasteiger partial charge in [-0.2, -0.15) is 10.2 Å². The maximum atomic E-state index is 11.2. The van der Waals surface area contributed by atoms with Gasteiger partial charge in [-0.3, -0.25) is 10.9 Å². The van der Waals surface area contributed by atoms with Gasteiger partial charge in [-0.15, -0.1) is 0 Å². The minimum absolute atomic E-state index is 0.195. The third-order valence-electron chi connectivity index (χ3n) is 4.43. The molecule has 30 heavy (non-hydrogen) atoms. The Hall–Kier alpha value is -2.59. The van der Waals surface area contributed by atoms with Crippen LogP contribution in [0.4, 0.5) is 0 Å². The number of hydrogen-bond acceptors (Lipinski definition) is 5. The molecule has 8 nitrogen and oxygen atoms in total. The number of carboxylic acids is 1. The second-order valence-corrected chi connectivity index (χ2v) is 6.99. The molecule has 0 unspecified atom stereocenters. The van der Waals surface area contributed by atoms with Gasteiger partial charge in [-0.1, -0.05) is 12.1 Å². The zero-order valence-electron chi connectivity index (χ0n) is 18.1. The van der Waals surface area contributed by atoms with Crippen molar-refractivity contribution in [2.24, 2.45) is 10.2 Å². The van der Waals surface area contributed by atoms with Crippen LogP contribution in [-0.4, -0.2) is 68.7 Å². The monoisotopic (exact) mass is 450 g/mol. The van der Waals surface area contributed by atoms with Crippen molar-refractivity contribution in [1.29, 1.82) is 0 Å². The summed E-state index contributed by atoms with van der Waals surface area (Å²) in [5, 5.41) is 19.0. The van der Waals surface area contributed by atoms with Crippen LogP contribution in [0, 0.1) is 0 Å². The van der Waals surface area contributed by atoms with Gasteiger partial charge in [-0.05, 0) is 71.2 Å². The zero-order valence-corrected chi connectivity index (χ0v) is 19.7. The average molecular weight is 451 g/mol. The molecule has 1 aromatic rings. The minimum Gasteiger partial charge on any atom is -0.478 e. The highest BCUT2D eigenvalue weighted by Crippen LogP contribution is 2.08. The summed E-state index contributed by atoms with van der Waals surface area (Å²) >= 11 is 10.8. The highest BCUT2D eigenvalue weighted by atomic mass is 32.1. The molecule has 1 rings (SSSR count). The van der Waals surface area contributed by atoms with E-state index in [0.717, 1.165) is 26.2 Å². The van der Waals surface area contributed by atoms with Gasteiger partial charge in [0.1, 0.15) is 5.71 Å². The number of benzene rings is 1. The number of hydrazone groups is 2. The summed E-state index contributed by atoms with van der Waals surface area (Å²) < 4.78 is 0. The van der Waals surface area contributed by atoms with E-state index < -0.39 is 5.97 Å². The molecule has 0 saturated carbocycles. The molecule has 0 spiro atoms. The van der Waals surface area contributed by atoms with Gasteiger partial charge in [0.25, 0.3) is 0 Å². The van der Waals surface area contributed by atoms with Gasteiger partial charge in [0, 0.05) is 31.7 Å². The van der Waals surface area contributed by atoms with Crippen molar-refractivity contribution in [1.82, 2.24) is 20.7 Å². The predicted molar refractivity (Wildman–Crippen MR) is 130 cm³/mol. The van der Waals surface area contributed by atoms with E-state index in [9.17, 15) is 4.79 Å². The Morgan fingerprint density at radius 2 is 1.27 bits per heavy atom. The quantitative estimate of drug-likeness (QED) is 0.300. The molecule has 0 heterocycles. The fourth-order valence-electron chi connectivity index (χ4n) is 2.58. The minimum atomic E-state index is -0.988. The lowest BCUT2D eigenvalue weighted by Gasteiger charge is -2.21. The van der Waals surface area contributed by atoms with Crippen LogP contribution >= 0.6 is 24.4 Å². The van der Waals surface area contributed by atoms with Gasteiger partial charge in [0.15, 0.2) is 10.2 Å². The maximum absolute atomic E-state index is 11.2. The summed E-state index contributed by atoms with van der Waals surface area (Å²) in [6.45, 7) is 12.9. The molecule has 0 radical (unpaired) electrons. The Morgan fingerprint density at radius 1 is 0.867 bits per heavy atom. The summed E-state index contributed by atoms with van der Waals surface area (Å²) in [5.74, 6) is -0.988. The Balaban J connectivity index is 3.20. The average Bonchev–Trinajstić information content (AvgIpc) is 2.74. The highest BCUT2D eigenvalue weighted by Gasteiger charge is 2.13. The van der Waals surface area contributed by atoms with E-state index in [1.54, 1.807) is 19.1 Å². The van der Waals surface area contributed by atoms with Crippen LogP contribution in [0.25, 0.3) is 0 Å². The smallest absolute Gasteiger partial charge is 0.335 e. The Morgan fingerprint density at radius 3 is 1.67 bits per heavy atom. The first-order valence-corrected chi connectivity index (χ1v) is 10.7. The summed E-state index contributed by atoms with van der Waals surface area (Å²) in [6, 6.07) is 6.42. The van der Waals surface area contributed by atoms with E-state index in [1.165, 1.54) is 12.1 Å². The predicted octanol–water partition coefficient (Wildman–Crippen LogP) is 2.90. The number of carbonyl (C=O) groups is 1. The first-order chi connectivity index (χ1) is 14.3. The van der Waals surface area contributed by atoms with Gasteiger partial charge in [0.05, 0.1) is 11.3 Å². The van der Waals surface area contributed by atoms with Crippen molar-refractivity contribution in [3.8, 4) is 0 Å². The van der Waals surface area contributed by atoms with Crippen LogP contribution in [0.2, 0.25) is 0 Å². The molecule has 0 aliphatic carbocycles. The largest absolute Gasteiger partial charge is 0.478 e. The first kappa shape index (κ1) is 25.4. The van der Waals surface area contributed by atoms with E-state index >= 15 is 0 Å². The molecule has 0 aliphatic heterocycles. The number of rotatable bonds is 9. The molecule has 164 valence electrons. The number of nitrogens with zero attached hydrogens (tertiary/aromatic N) is 4. The van der Waals surface area contributed by atoms with Crippen LogP contribution in [0.5, 0.6) is 0 Å². The summed E-state index contributed by atoms with van der Waals surface area (Å²) in [7, 11) is 0. The van der Waals surface area contributed by atoms with Crippen molar-refractivity contribution in [2.45, 2.75) is 34.6 Å². The Labute approximate surface area is 189 Å². The molecule has 0 bridgehead atoms. The topological polar surface area (TPSA) is 92.6 Å². The van der Waals surface area contributed by atoms with Crippen molar-refractivity contribution in [3.05, 3.63) is 35.4 Å². The first-order valence-electron chi connectivity index (χ1n) is 9.84. The number of carboxylic acid groups (broad SMARTS) is 1. The lowest BCUT2D eigenvalue weighted by atomic mass is 10.0. The molecular formula is C20H30N6O2S2. The summed E-state index contributed by atoms with van der Waals surface area (Å²) in [6.07, 6.45) is 0. The molecule has 0 fully saturated rings. The van der Waals surface area contributed by atoms with E-state index in [0.29, 0.717) is 27.2 Å². The molecule has 0 atom stereocenters. The number of hydrogen-bond donors (Lipinski definition) is 3. The SMILES string of the molecule is CCN(CC)C(=S)NN=C(C)C(=NNC(=S)N(CC)CC)c1ccc(C(=O)O)cc1. The third-order valence-corrected chi connectivity index (χ3v) is 5.13. The lowest BCUT2D eigenvalue weighted by Crippen LogP contribution is -2.39. The van der Waals surface area contributed by atoms with Crippen molar-refractivity contribution >= 4 is 52.1 Å². The van der Waals surface area contributed by atoms with Crippen LogP contribution < -0.4 is 10.9 Å². The molecule has 0 amide bonds. The van der Waals surface area contributed by atoms with Gasteiger partial charge < -0.3 is 14.9 Å². The molecule has 3 N–H and O–H groups in total. The van der Waals surface area contributed by atoms with Crippen molar-refractivity contribution in [2.75, 3.05) is 26.2 Å². The summed E-state index contributed by atoms with van der Waals surface area (Å²) in [4.78, 5) is 15.1. The lowest BCUT2D eigenvalue weighted by molar-refractivity contribution is 0.0697. The number of aromatic carboxylic acids is 1. The third kappa shape index (κ3) is 7.34. The van der Waals surface area contributed by atoms with Crippen LogP contribution in [0.1, 0.15) is 50.5 Å². The summed E-state index contributed by atoms with van der Waals surface area (Å²) in [5.41, 5.74) is 7.80. The highest BCUT2D eigenvalue weighted by molar-refractivity contribution is 7.80. The van der Waals surface area contributed by atoms with E-state index in [-0.39, 0.29) is 5.56 Å². The van der Waals surface area contributed by atoms with Gasteiger partial charge in [0.2, 0.25) is 0 Å². The molecule has 10 heteroatoms. The second-order valence-electron chi connectivity index (χ2n) is 6.22. The fourth-order valence-corrected chi connectivity index (χ4v) is 3.18. The molecule has 1 aromatic carbocycles. The van der Waals surface area contributed by atoms with Crippen molar-refractivity contribution < 1.29 is 9.90 Å².